The van der Waals surface area contributed by atoms with Gasteiger partial charge >= 0.3 is 0 Å². The molecule has 1 unspecified atom stereocenters. The molecular weight excluding hydrogens is 299 g/mol. The van der Waals surface area contributed by atoms with Crippen LogP contribution in [0.3, 0.4) is 0 Å². The first kappa shape index (κ1) is 15.1. The van der Waals surface area contributed by atoms with Gasteiger partial charge in [0.25, 0.3) is 0 Å². The van der Waals surface area contributed by atoms with Gasteiger partial charge in [0.2, 0.25) is 11.8 Å². The molecule has 0 spiro atoms. The minimum absolute atomic E-state index is 0.115. The molecule has 20 heavy (non-hydrogen) atoms. The summed E-state index contributed by atoms with van der Waals surface area (Å²) in [5, 5.41) is 3.61. The first-order valence-corrected chi connectivity index (χ1v) is 7.05. The lowest BCUT2D eigenvalue weighted by Crippen LogP contribution is -2.66. The molecule has 0 bridgehead atoms. The SMILES string of the molecule is CC1C(=O)NC(C)(C)C(=O)N1Cc1ccc(Cl)c(Cl)c1. The molecule has 1 aliphatic heterocycles. The first-order valence-electron chi connectivity index (χ1n) is 6.29. The largest absolute Gasteiger partial charge is 0.340 e. The Morgan fingerprint density at radius 3 is 2.50 bits per heavy atom. The summed E-state index contributed by atoms with van der Waals surface area (Å²) < 4.78 is 0. The zero-order valence-corrected chi connectivity index (χ0v) is 13.0. The molecular formula is C14H16Cl2N2O2. The predicted octanol–water partition coefficient (Wildman–Crippen LogP) is 2.62. The molecule has 0 aromatic heterocycles. The summed E-state index contributed by atoms with van der Waals surface area (Å²) in [5.41, 5.74) is -0.0510. The van der Waals surface area contributed by atoms with Gasteiger partial charge in [0, 0.05) is 6.54 Å². The van der Waals surface area contributed by atoms with Crippen molar-refractivity contribution in [2.45, 2.75) is 38.9 Å². The fourth-order valence-electron chi connectivity index (χ4n) is 2.19. The van der Waals surface area contributed by atoms with Crippen molar-refractivity contribution < 1.29 is 9.59 Å². The van der Waals surface area contributed by atoms with E-state index in [0.29, 0.717) is 16.6 Å². The van der Waals surface area contributed by atoms with Crippen molar-refractivity contribution in [3.05, 3.63) is 33.8 Å². The van der Waals surface area contributed by atoms with E-state index in [1.807, 2.05) is 0 Å². The molecule has 1 atom stereocenters. The highest BCUT2D eigenvalue weighted by Gasteiger charge is 2.43. The van der Waals surface area contributed by atoms with Crippen molar-refractivity contribution in [2.24, 2.45) is 0 Å². The zero-order chi connectivity index (χ0) is 15.1. The lowest BCUT2D eigenvalue weighted by atomic mass is 9.97. The van der Waals surface area contributed by atoms with Gasteiger partial charge in [0.15, 0.2) is 0 Å². The van der Waals surface area contributed by atoms with Crippen molar-refractivity contribution in [1.29, 1.82) is 0 Å². The summed E-state index contributed by atoms with van der Waals surface area (Å²) in [4.78, 5) is 25.9. The zero-order valence-electron chi connectivity index (χ0n) is 11.5. The maximum atomic E-state index is 12.4. The molecule has 0 aliphatic carbocycles. The van der Waals surface area contributed by atoms with E-state index in [9.17, 15) is 9.59 Å². The topological polar surface area (TPSA) is 49.4 Å². The molecule has 0 saturated carbocycles. The van der Waals surface area contributed by atoms with Crippen LogP contribution in [0.2, 0.25) is 10.0 Å². The van der Waals surface area contributed by atoms with Gasteiger partial charge < -0.3 is 10.2 Å². The van der Waals surface area contributed by atoms with Crippen LogP contribution in [0.1, 0.15) is 26.3 Å². The second-order valence-corrected chi connectivity index (χ2v) is 6.29. The summed E-state index contributed by atoms with van der Waals surface area (Å²) in [6.45, 7) is 5.43. The number of hydrogen-bond acceptors (Lipinski definition) is 2. The minimum atomic E-state index is -0.889. The Kier molecular flexibility index (Phi) is 3.98. The molecule has 1 fully saturated rings. The van der Waals surface area contributed by atoms with Crippen LogP contribution in [0, 0.1) is 0 Å². The number of rotatable bonds is 2. The number of benzene rings is 1. The van der Waals surface area contributed by atoms with Gasteiger partial charge in [-0.15, -0.1) is 0 Å². The Labute approximate surface area is 128 Å². The van der Waals surface area contributed by atoms with Gasteiger partial charge in [0.1, 0.15) is 11.6 Å². The van der Waals surface area contributed by atoms with Crippen LogP contribution in [0.25, 0.3) is 0 Å². The molecule has 4 nitrogen and oxygen atoms in total. The minimum Gasteiger partial charge on any atom is -0.340 e. The molecule has 1 saturated heterocycles. The van der Waals surface area contributed by atoms with Crippen LogP contribution in [0.5, 0.6) is 0 Å². The Hall–Kier alpha value is -1.26. The molecule has 108 valence electrons. The van der Waals surface area contributed by atoms with E-state index in [2.05, 4.69) is 5.32 Å². The third-order valence-electron chi connectivity index (χ3n) is 3.42. The summed E-state index contributed by atoms with van der Waals surface area (Å²) in [6, 6.07) is 4.69. The fraction of sp³-hybridized carbons (Fsp3) is 0.429. The Morgan fingerprint density at radius 1 is 1.25 bits per heavy atom. The quantitative estimate of drug-likeness (QED) is 0.912. The number of carbonyl (C=O) groups excluding carboxylic acids is 2. The van der Waals surface area contributed by atoms with Crippen LogP contribution < -0.4 is 5.32 Å². The Bertz CT molecular complexity index is 572. The van der Waals surface area contributed by atoms with Gasteiger partial charge in [-0.25, -0.2) is 0 Å². The van der Waals surface area contributed by atoms with E-state index in [4.69, 9.17) is 23.2 Å². The van der Waals surface area contributed by atoms with Gasteiger partial charge in [-0.2, -0.15) is 0 Å². The first-order chi connectivity index (χ1) is 9.22. The number of halogens is 2. The van der Waals surface area contributed by atoms with E-state index >= 15 is 0 Å². The predicted molar refractivity (Wildman–Crippen MR) is 78.7 cm³/mol. The van der Waals surface area contributed by atoms with Crippen LogP contribution in [-0.4, -0.2) is 28.3 Å². The van der Waals surface area contributed by atoms with Crippen molar-refractivity contribution in [3.8, 4) is 0 Å². The van der Waals surface area contributed by atoms with Gasteiger partial charge in [0.05, 0.1) is 10.0 Å². The molecule has 2 amide bonds. The number of carbonyl (C=O) groups is 2. The van der Waals surface area contributed by atoms with E-state index in [1.54, 1.807) is 43.9 Å². The molecule has 1 aliphatic rings. The molecule has 6 heteroatoms. The van der Waals surface area contributed by atoms with Crippen molar-refractivity contribution in [3.63, 3.8) is 0 Å². The summed E-state index contributed by atoms with van der Waals surface area (Å²) >= 11 is 11.8. The number of nitrogens with zero attached hydrogens (tertiary/aromatic N) is 1. The standard InChI is InChI=1S/C14H16Cl2N2O2/c1-8-12(19)17-14(2,3)13(20)18(8)7-9-4-5-10(15)11(16)6-9/h4-6,8H,7H2,1-3H3,(H,17,19). The average Bonchev–Trinajstić information content (AvgIpc) is 2.36. The highest BCUT2D eigenvalue weighted by atomic mass is 35.5. The molecule has 2 rings (SSSR count). The molecule has 0 radical (unpaired) electrons. The van der Waals surface area contributed by atoms with Gasteiger partial charge in [-0.05, 0) is 38.5 Å². The third kappa shape index (κ3) is 2.76. The van der Waals surface area contributed by atoms with E-state index in [-0.39, 0.29) is 11.8 Å². The van der Waals surface area contributed by atoms with Gasteiger partial charge in [-0.3, -0.25) is 9.59 Å². The van der Waals surface area contributed by atoms with Crippen molar-refractivity contribution >= 4 is 35.0 Å². The number of piperazine rings is 1. The lowest BCUT2D eigenvalue weighted by Gasteiger charge is -2.41. The third-order valence-corrected chi connectivity index (χ3v) is 4.15. The highest BCUT2D eigenvalue weighted by molar-refractivity contribution is 6.42. The number of nitrogens with one attached hydrogen (secondary N) is 1. The molecule has 1 N–H and O–H groups in total. The lowest BCUT2D eigenvalue weighted by molar-refractivity contribution is -0.153. The summed E-state index contributed by atoms with van der Waals surface area (Å²) in [5.74, 6) is -0.273. The van der Waals surface area contributed by atoms with Crippen LogP contribution in [0.15, 0.2) is 18.2 Å². The van der Waals surface area contributed by atoms with Crippen LogP contribution in [-0.2, 0) is 16.1 Å². The smallest absolute Gasteiger partial charge is 0.248 e. The second kappa shape index (κ2) is 5.26. The molecule has 1 aromatic carbocycles. The van der Waals surface area contributed by atoms with Crippen LogP contribution in [0.4, 0.5) is 0 Å². The van der Waals surface area contributed by atoms with E-state index in [0.717, 1.165) is 5.56 Å². The van der Waals surface area contributed by atoms with Crippen LogP contribution >= 0.6 is 23.2 Å². The molecule has 1 heterocycles. The maximum Gasteiger partial charge on any atom is 0.248 e. The normalized spacial score (nSPS) is 21.9. The van der Waals surface area contributed by atoms with Crippen molar-refractivity contribution in [2.75, 3.05) is 0 Å². The maximum absolute atomic E-state index is 12.4. The number of amides is 2. The highest BCUT2D eigenvalue weighted by Crippen LogP contribution is 2.25. The van der Waals surface area contributed by atoms with Gasteiger partial charge in [-0.1, -0.05) is 29.3 Å². The fourth-order valence-corrected chi connectivity index (χ4v) is 2.51. The molecule has 1 aromatic rings. The summed E-state index contributed by atoms with van der Waals surface area (Å²) in [6.07, 6.45) is 0. The van der Waals surface area contributed by atoms with E-state index in [1.165, 1.54) is 0 Å². The summed E-state index contributed by atoms with van der Waals surface area (Å²) in [7, 11) is 0. The van der Waals surface area contributed by atoms with E-state index < -0.39 is 11.6 Å². The second-order valence-electron chi connectivity index (χ2n) is 5.47. The average molecular weight is 315 g/mol. The Morgan fingerprint density at radius 2 is 1.90 bits per heavy atom. The number of hydrogen-bond donors (Lipinski definition) is 1. The Balaban J connectivity index is 2.27. The monoisotopic (exact) mass is 314 g/mol. The van der Waals surface area contributed by atoms with Crippen molar-refractivity contribution in [1.82, 2.24) is 10.2 Å².